The molecule has 0 amide bonds. The number of carbonyl (C=O) groups is 1. The molecule has 0 unspecified atom stereocenters. The van der Waals surface area contributed by atoms with E-state index in [1.165, 1.54) is 0 Å². The summed E-state index contributed by atoms with van der Waals surface area (Å²) in [7, 11) is 0. The second kappa shape index (κ2) is 5.16. The molecule has 0 aliphatic rings. The summed E-state index contributed by atoms with van der Waals surface area (Å²) in [4.78, 5) is 11.7. The zero-order valence-electron chi connectivity index (χ0n) is 9.30. The summed E-state index contributed by atoms with van der Waals surface area (Å²) in [5, 5.41) is 0. The second-order valence-corrected chi connectivity index (χ2v) is 3.64. The van der Waals surface area contributed by atoms with E-state index in [1.807, 2.05) is 24.3 Å². The molecule has 2 aromatic rings. The summed E-state index contributed by atoms with van der Waals surface area (Å²) < 4.78 is 5.18. The fourth-order valence-corrected chi connectivity index (χ4v) is 1.47. The van der Waals surface area contributed by atoms with Crippen LogP contribution < -0.4 is 5.73 Å². The van der Waals surface area contributed by atoms with Gasteiger partial charge < -0.3 is 10.5 Å². The Morgan fingerprint density at radius 2 is 1.65 bits per heavy atom. The number of carbonyl (C=O) groups excluding carboxylic acids is 1. The van der Waals surface area contributed by atoms with E-state index in [-0.39, 0.29) is 12.6 Å². The maximum absolute atomic E-state index is 11.7. The van der Waals surface area contributed by atoms with Crippen LogP contribution in [0.1, 0.15) is 15.9 Å². The summed E-state index contributed by atoms with van der Waals surface area (Å²) >= 11 is 0. The third kappa shape index (κ3) is 2.84. The predicted molar refractivity (Wildman–Crippen MR) is 66.4 cm³/mol. The summed E-state index contributed by atoms with van der Waals surface area (Å²) in [6.07, 6.45) is 0. The van der Waals surface area contributed by atoms with Gasteiger partial charge in [0.2, 0.25) is 0 Å². The first-order valence-corrected chi connectivity index (χ1v) is 5.33. The van der Waals surface area contributed by atoms with Gasteiger partial charge in [0.15, 0.2) is 0 Å². The van der Waals surface area contributed by atoms with Crippen molar-refractivity contribution in [1.29, 1.82) is 0 Å². The molecule has 0 bridgehead atoms. The number of rotatable bonds is 3. The van der Waals surface area contributed by atoms with Gasteiger partial charge in [-0.15, -0.1) is 0 Å². The molecule has 0 aliphatic carbocycles. The van der Waals surface area contributed by atoms with Crippen LogP contribution in [0.4, 0.5) is 5.69 Å². The van der Waals surface area contributed by atoms with Crippen LogP contribution in [-0.4, -0.2) is 5.97 Å². The van der Waals surface area contributed by atoms with Gasteiger partial charge in [-0.2, -0.15) is 0 Å². The van der Waals surface area contributed by atoms with Crippen LogP contribution in [0.15, 0.2) is 54.6 Å². The molecule has 2 aromatic carbocycles. The molecule has 86 valence electrons. The topological polar surface area (TPSA) is 52.3 Å². The average molecular weight is 227 g/mol. The number of nitrogens with two attached hydrogens (primary N) is 1. The zero-order valence-corrected chi connectivity index (χ0v) is 9.30. The van der Waals surface area contributed by atoms with E-state index in [4.69, 9.17) is 10.5 Å². The van der Waals surface area contributed by atoms with E-state index in [0.717, 1.165) is 5.56 Å². The Morgan fingerprint density at radius 1 is 1.00 bits per heavy atom. The summed E-state index contributed by atoms with van der Waals surface area (Å²) in [5.41, 5.74) is 7.75. The lowest BCUT2D eigenvalue weighted by Crippen LogP contribution is -2.06. The number of benzene rings is 2. The minimum absolute atomic E-state index is 0.195. The molecule has 0 radical (unpaired) electrons. The highest BCUT2D eigenvalue weighted by Crippen LogP contribution is 2.12. The molecule has 0 aliphatic heterocycles. The first-order valence-electron chi connectivity index (χ1n) is 5.33. The first-order chi connectivity index (χ1) is 8.27. The third-order valence-electron chi connectivity index (χ3n) is 2.42. The lowest BCUT2D eigenvalue weighted by atomic mass is 10.2. The van der Waals surface area contributed by atoms with Crippen molar-refractivity contribution in [3.63, 3.8) is 0 Å². The Hall–Kier alpha value is -2.29. The number of esters is 1. The van der Waals surface area contributed by atoms with E-state index < -0.39 is 0 Å². The Morgan fingerprint density at radius 3 is 2.35 bits per heavy atom. The van der Waals surface area contributed by atoms with Crippen molar-refractivity contribution >= 4 is 11.7 Å². The van der Waals surface area contributed by atoms with Crippen molar-refractivity contribution in [2.45, 2.75) is 6.61 Å². The molecule has 0 atom stereocenters. The minimum Gasteiger partial charge on any atom is -0.457 e. The van der Waals surface area contributed by atoms with Crippen molar-refractivity contribution in [2.24, 2.45) is 0 Å². The average Bonchev–Trinajstić information content (AvgIpc) is 2.38. The van der Waals surface area contributed by atoms with Gasteiger partial charge >= 0.3 is 5.97 Å². The first kappa shape index (κ1) is 11.2. The zero-order chi connectivity index (χ0) is 12.1. The van der Waals surface area contributed by atoms with Crippen LogP contribution in [-0.2, 0) is 11.3 Å². The van der Waals surface area contributed by atoms with Crippen LogP contribution in [0.3, 0.4) is 0 Å². The predicted octanol–water partition coefficient (Wildman–Crippen LogP) is 2.63. The van der Waals surface area contributed by atoms with E-state index in [0.29, 0.717) is 11.3 Å². The summed E-state index contributed by atoms with van der Waals surface area (Å²) in [6, 6.07) is 16.2. The van der Waals surface area contributed by atoms with Crippen molar-refractivity contribution in [2.75, 3.05) is 5.73 Å². The quantitative estimate of drug-likeness (QED) is 0.647. The van der Waals surface area contributed by atoms with E-state index >= 15 is 0 Å². The summed E-state index contributed by atoms with van der Waals surface area (Å²) in [6.45, 7) is 0.195. The molecular weight excluding hydrogens is 214 g/mol. The molecule has 0 saturated carbocycles. The third-order valence-corrected chi connectivity index (χ3v) is 2.42. The van der Waals surface area contributed by atoms with Gasteiger partial charge in [-0.25, -0.2) is 4.79 Å². The van der Waals surface area contributed by atoms with Crippen LogP contribution >= 0.6 is 0 Å². The standard InChI is InChI=1S/C14H13NO2/c15-13-9-5-4-8-12(13)10-17-14(16)11-6-2-1-3-7-11/h1-9H,10,15H2. The highest BCUT2D eigenvalue weighted by atomic mass is 16.5. The Kier molecular flexibility index (Phi) is 3.40. The molecule has 0 heterocycles. The SMILES string of the molecule is Nc1ccccc1COC(=O)c1ccccc1. The molecule has 0 fully saturated rings. The highest BCUT2D eigenvalue weighted by molar-refractivity contribution is 5.89. The number of hydrogen-bond acceptors (Lipinski definition) is 3. The lowest BCUT2D eigenvalue weighted by Gasteiger charge is -2.06. The number of nitrogen functional groups attached to an aromatic ring is 1. The van der Waals surface area contributed by atoms with Gasteiger partial charge in [0.1, 0.15) is 6.61 Å². The van der Waals surface area contributed by atoms with Crippen LogP contribution in [0.2, 0.25) is 0 Å². The van der Waals surface area contributed by atoms with Gasteiger partial charge in [0.25, 0.3) is 0 Å². The lowest BCUT2D eigenvalue weighted by molar-refractivity contribution is 0.0473. The van der Waals surface area contributed by atoms with Crippen molar-refractivity contribution < 1.29 is 9.53 Å². The Bertz CT molecular complexity index is 509. The van der Waals surface area contributed by atoms with Crippen molar-refractivity contribution in [1.82, 2.24) is 0 Å². The van der Waals surface area contributed by atoms with Crippen LogP contribution in [0.5, 0.6) is 0 Å². The fraction of sp³-hybridized carbons (Fsp3) is 0.0714. The fourth-order valence-electron chi connectivity index (χ4n) is 1.47. The molecule has 2 rings (SSSR count). The van der Waals surface area contributed by atoms with Gasteiger partial charge in [0, 0.05) is 11.3 Å². The molecule has 3 nitrogen and oxygen atoms in total. The number of para-hydroxylation sites is 1. The number of anilines is 1. The van der Waals surface area contributed by atoms with Gasteiger partial charge in [-0.3, -0.25) is 0 Å². The van der Waals surface area contributed by atoms with Gasteiger partial charge in [-0.05, 0) is 18.2 Å². The van der Waals surface area contributed by atoms with E-state index in [2.05, 4.69) is 0 Å². The molecule has 0 saturated heterocycles. The molecule has 0 aromatic heterocycles. The normalized spacial score (nSPS) is 9.88. The van der Waals surface area contributed by atoms with Crippen molar-refractivity contribution in [3.8, 4) is 0 Å². The van der Waals surface area contributed by atoms with Gasteiger partial charge in [-0.1, -0.05) is 36.4 Å². The van der Waals surface area contributed by atoms with Crippen LogP contribution in [0, 0.1) is 0 Å². The molecule has 3 heteroatoms. The maximum Gasteiger partial charge on any atom is 0.338 e. The van der Waals surface area contributed by atoms with Crippen molar-refractivity contribution in [3.05, 3.63) is 65.7 Å². The largest absolute Gasteiger partial charge is 0.457 e. The number of hydrogen-bond donors (Lipinski definition) is 1. The molecule has 2 N–H and O–H groups in total. The molecular formula is C14H13NO2. The van der Waals surface area contributed by atoms with Gasteiger partial charge in [0.05, 0.1) is 5.56 Å². The molecule has 17 heavy (non-hydrogen) atoms. The van der Waals surface area contributed by atoms with E-state index in [1.54, 1.807) is 30.3 Å². The van der Waals surface area contributed by atoms with Crippen LogP contribution in [0.25, 0.3) is 0 Å². The van der Waals surface area contributed by atoms with E-state index in [9.17, 15) is 4.79 Å². The summed E-state index contributed by atoms with van der Waals surface area (Å²) in [5.74, 6) is -0.339. The second-order valence-electron chi connectivity index (χ2n) is 3.64. The molecule has 0 spiro atoms. The monoisotopic (exact) mass is 227 g/mol. The maximum atomic E-state index is 11.7. The number of ether oxygens (including phenoxy) is 1. The smallest absolute Gasteiger partial charge is 0.338 e. The Balaban J connectivity index is 2.00. The minimum atomic E-state index is -0.339. The Labute approximate surface area is 99.8 Å². The highest BCUT2D eigenvalue weighted by Gasteiger charge is 2.07.